The lowest BCUT2D eigenvalue weighted by atomic mass is 9.84. The van der Waals surface area contributed by atoms with Crippen molar-refractivity contribution < 1.29 is 23.1 Å². The van der Waals surface area contributed by atoms with Gasteiger partial charge in [0.2, 0.25) is 5.91 Å². The Labute approximate surface area is 120 Å². The van der Waals surface area contributed by atoms with Gasteiger partial charge in [0, 0.05) is 6.04 Å². The number of halogens is 3. The van der Waals surface area contributed by atoms with E-state index in [2.05, 4.69) is 5.32 Å². The number of hydrogen-bond acceptors (Lipinski definition) is 3. The van der Waals surface area contributed by atoms with Crippen molar-refractivity contribution in [2.45, 2.75) is 38.4 Å². The molecule has 1 amide bonds. The Morgan fingerprint density at radius 3 is 2.67 bits per heavy atom. The van der Waals surface area contributed by atoms with Gasteiger partial charge in [0.1, 0.15) is 5.75 Å². The number of carbonyl (C=O) groups is 1. The van der Waals surface area contributed by atoms with Crippen LogP contribution < -0.4 is 11.1 Å². The molecule has 1 aromatic rings. The van der Waals surface area contributed by atoms with Crippen LogP contribution in [0.2, 0.25) is 0 Å². The molecule has 21 heavy (non-hydrogen) atoms. The molecule has 0 spiro atoms. The van der Waals surface area contributed by atoms with Gasteiger partial charge in [-0.2, -0.15) is 13.2 Å². The summed E-state index contributed by atoms with van der Waals surface area (Å²) in [6, 6.07) is 2.05. The Kier molecular flexibility index (Phi) is 3.88. The fraction of sp³-hybridized carbons (Fsp3) is 0.500. The third-order valence-electron chi connectivity index (χ3n) is 4.12. The molecule has 2 rings (SSSR count). The molecule has 0 aliphatic heterocycles. The number of aromatic hydroxyl groups is 1. The van der Waals surface area contributed by atoms with Crippen LogP contribution in [0.1, 0.15) is 31.7 Å². The number of nitrogens with two attached hydrogens (primary N) is 1. The first-order valence-corrected chi connectivity index (χ1v) is 6.62. The maximum Gasteiger partial charge on any atom is 0.416 e. The molecule has 1 aliphatic carbocycles. The van der Waals surface area contributed by atoms with Gasteiger partial charge in [-0.05, 0) is 38.0 Å². The van der Waals surface area contributed by atoms with E-state index in [0.717, 1.165) is 24.6 Å². The predicted molar refractivity (Wildman–Crippen MR) is 71.7 cm³/mol. The average Bonchev–Trinajstić information content (AvgIpc) is 2.72. The second-order valence-corrected chi connectivity index (χ2v) is 5.60. The molecule has 1 aromatic carbocycles. The normalized spacial score (nSPS) is 25.9. The minimum atomic E-state index is -4.54. The minimum absolute atomic E-state index is 0.254. The first kappa shape index (κ1) is 15.6. The number of hydrogen-bond donors (Lipinski definition) is 3. The van der Waals surface area contributed by atoms with Crippen molar-refractivity contribution in [2.75, 3.05) is 5.32 Å². The van der Waals surface area contributed by atoms with E-state index in [1.807, 2.05) is 0 Å². The van der Waals surface area contributed by atoms with E-state index >= 15 is 0 Å². The van der Waals surface area contributed by atoms with Gasteiger partial charge in [-0.25, -0.2) is 0 Å². The summed E-state index contributed by atoms with van der Waals surface area (Å²) in [5.41, 5.74) is 3.88. The first-order valence-electron chi connectivity index (χ1n) is 6.62. The summed E-state index contributed by atoms with van der Waals surface area (Å²) in [6.45, 7) is 1.69. The van der Waals surface area contributed by atoms with Crippen LogP contribution in [0.4, 0.5) is 18.9 Å². The van der Waals surface area contributed by atoms with Crippen LogP contribution in [0.5, 0.6) is 5.75 Å². The van der Waals surface area contributed by atoms with E-state index in [0.29, 0.717) is 12.8 Å². The monoisotopic (exact) mass is 302 g/mol. The number of rotatable bonds is 2. The standard InChI is InChI=1S/C14H17F3N2O2/c1-13(6-2-3-11(13)18)12(21)19-9-7-8(14(15,16)17)4-5-10(9)20/h4-5,7,11,20H,2-3,6,18H2,1H3,(H,19,21). The van der Waals surface area contributed by atoms with Gasteiger partial charge in [-0.15, -0.1) is 0 Å². The van der Waals surface area contributed by atoms with Crippen molar-refractivity contribution >= 4 is 11.6 Å². The Morgan fingerprint density at radius 1 is 1.48 bits per heavy atom. The van der Waals surface area contributed by atoms with Crippen molar-refractivity contribution in [3.05, 3.63) is 23.8 Å². The van der Waals surface area contributed by atoms with E-state index in [1.54, 1.807) is 6.92 Å². The van der Waals surface area contributed by atoms with Gasteiger partial charge < -0.3 is 16.2 Å². The number of nitrogens with one attached hydrogen (secondary N) is 1. The number of benzene rings is 1. The molecule has 116 valence electrons. The molecule has 0 radical (unpaired) electrons. The van der Waals surface area contributed by atoms with Gasteiger partial charge >= 0.3 is 6.18 Å². The Bertz CT molecular complexity index is 560. The van der Waals surface area contributed by atoms with Crippen molar-refractivity contribution in [3.8, 4) is 5.75 Å². The summed E-state index contributed by atoms with van der Waals surface area (Å²) in [6.07, 6.45) is -2.49. The highest BCUT2D eigenvalue weighted by Gasteiger charge is 2.43. The molecule has 1 saturated carbocycles. The van der Waals surface area contributed by atoms with Crippen LogP contribution in [0.3, 0.4) is 0 Å². The number of alkyl halides is 3. The molecule has 2 unspecified atom stereocenters. The van der Waals surface area contributed by atoms with E-state index < -0.39 is 28.8 Å². The van der Waals surface area contributed by atoms with E-state index in [9.17, 15) is 23.1 Å². The first-order chi connectivity index (χ1) is 9.64. The second kappa shape index (κ2) is 5.22. The zero-order valence-electron chi connectivity index (χ0n) is 11.5. The Hall–Kier alpha value is -1.76. The van der Waals surface area contributed by atoms with Crippen LogP contribution >= 0.6 is 0 Å². The highest BCUT2D eigenvalue weighted by molar-refractivity contribution is 5.97. The summed E-state index contributed by atoms with van der Waals surface area (Å²) < 4.78 is 38.0. The molecule has 0 heterocycles. The third kappa shape index (κ3) is 2.97. The van der Waals surface area contributed by atoms with Crippen LogP contribution in [-0.2, 0) is 11.0 Å². The molecule has 7 heteroatoms. The van der Waals surface area contributed by atoms with Gasteiger partial charge in [0.25, 0.3) is 0 Å². The lowest BCUT2D eigenvalue weighted by Crippen LogP contribution is -2.44. The maximum absolute atomic E-state index is 12.7. The van der Waals surface area contributed by atoms with Crippen molar-refractivity contribution in [1.29, 1.82) is 0 Å². The zero-order chi connectivity index (χ0) is 15.8. The van der Waals surface area contributed by atoms with Crippen LogP contribution in [-0.4, -0.2) is 17.1 Å². The average molecular weight is 302 g/mol. The Morgan fingerprint density at radius 2 is 2.14 bits per heavy atom. The molecular weight excluding hydrogens is 285 g/mol. The lowest BCUT2D eigenvalue weighted by Gasteiger charge is -2.27. The highest BCUT2D eigenvalue weighted by Crippen LogP contribution is 2.39. The maximum atomic E-state index is 12.7. The molecule has 1 fully saturated rings. The van der Waals surface area contributed by atoms with Gasteiger partial charge in [0.15, 0.2) is 0 Å². The molecule has 4 nitrogen and oxygen atoms in total. The third-order valence-corrected chi connectivity index (χ3v) is 4.12. The van der Waals surface area contributed by atoms with Gasteiger partial charge in [0.05, 0.1) is 16.7 Å². The molecule has 0 aromatic heterocycles. The van der Waals surface area contributed by atoms with Crippen LogP contribution in [0, 0.1) is 5.41 Å². The van der Waals surface area contributed by atoms with Crippen LogP contribution in [0.25, 0.3) is 0 Å². The summed E-state index contributed by atoms with van der Waals surface area (Å²) in [7, 11) is 0. The SMILES string of the molecule is CC1(C(=O)Nc2cc(C(F)(F)F)ccc2O)CCCC1N. The largest absolute Gasteiger partial charge is 0.506 e. The van der Waals surface area contributed by atoms with E-state index in [1.165, 1.54) is 0 Å². The Balaban J connectivity index is 2.25. The van der Waals surface area contributed by atoms with Crippen molar-refractivity contribution in [2.24, 2.45) is 11.1 Å². The molecule has 0 saturated heterocycles. The fourth-order valence-corrected chi connectivity index (χ4v) is 2.55. The van der Waals surface area contributed by atoms with Crippen molar-refractivity contribution in [1.82, 2.24) is 0 Å². The van der Waals surface area contributed by atoms with E-state index in [4.69, 9.17) is 5.73 Å². The fourth-order valence-electron chi connectivity index (χ4n) is 2.55. The molecule has 1 aliphatic rings. The minimum Gasteiger partial charge on any atom is -0.506 e. The number of phenols is 1. The second-order valence-electron chi connectivity index (χ2n) is 5.60. The number of carbonyl (C=O) groups excluding carboxylic acids is 1. The smallest absolute Gasteiger partial charge is 0.416 e. The number of amides is 1. The predicted octanol–water partition coefficient (Wildman–Crippen LogP) is 2.87. The van der Waals surface area contributed by atoms with Gasteiger partial charge in [-0.3, -0.25) is 4.79 Å². The van der Waals surface area contributed by atoms with Crippen LogP contribution in [0.15, 0.2) is 18.2 Å². The number of anilines is 1. The zero-order valence-corrected chi connectivity index (χ0v) is 11.5. The lowest BCUT2D eigenvalue weighted by molar-refractivity contribution is -0.137. The summed E-state index contributed by atoms with van der Waals surface area (Å²) in [5, 5.41) is 12.0. The topological polar surface area (TPSA) is 75.3 Å². The van der Waals surface area contributed by atoms with E-state index in [-0.39, 0.29) is 11.7 Å². The van der Waals surface area contributed by atoms with Crippen molar-refractivity contribution in [3.63, 3.8) is 0 Å². The number of phenolic OH excluding ortho intramolecular Hbond substituents is 1. The molecule has 4 N–H and O–H groups in total. The molecule has 2 atom stereocenters. The quantitative estimate of drug-likeness (QED) is 0.735. The van der Waals surface area contributed by atoms with Gasteiger partial charge in [-0.1, -0.05) is 6.42 Å². The summed E-state index contributed by atoms with van der Waals surface area (Å²) in [5.74, 6) is -0.881. The molecular formula is C14H17F3N2O2. The summed E-state index contributed by atoms with van der Waals surface area (Å²) in [4.78, 5) is 12.3. The highest BCUT2D eigenvalue weighted by atomic mass is 19.4. The molecule has 0 bridgehead atoms. The summed E-state index contributed by atoms with van der Waals surface area (Å²) >= 11 is 0.